The van der Waals surface area contributed by atoms with Gasteiger partial charge in [-0.2, -0.15) is 5.26 Å². The van der Waals surface area contributed by atoms with Gasteiger partial charge in [0.15, 0.2) is 5.79 Å². The summed E-state index contributed by atoms with van der Waals surface area (Å²) in [6, 6.07) is 2.83. The first-order chi connectivity index (χ1) is 7.24. The number of rotatable bonds is 3. The third-order valence-electron chi connectivity index (χ3n) is 3.75. The van der Waals surface area contributed by atoms with Gasteiger partial charge in [0.05, 0.1) is 25.1 Å². The van der Waals surface area contributed by atoms with Crippen LogP contribution in [0.25, 0.3) is 0 Å². The minimum absolute atomic E-state index is 0.205. The van der Waals surface area contributed by atoms with Gasteiger partial charge < -0.3 is 9.47 Å². The van der Waals surface area contributed by atoms with Crippen LogP contribution < -0.4 is 0 Å². The van der Waals surface area contributed by atoms with E-state index in [4.69, 9.17) is 14.7 Å². The van der Waals surface area contributed by atoms with E-state index in [1.165, 1.54) is 6.42 Å². The van der Waals surface area contributed by atoms with Crippen LogP contribution in [0.3, 0.4) is 0 Å². The number of hydrogen-bond acceptors (Lipinski definition) is 4. The van der Waals surface area contributed by atoms with Crippen molar-refractivity contribution < 1.29 is 9.47 Å². The summed E-state index contributed by atoms with van der Waals surface area (Å²) >= 11 is 0. The zero-order chi connectivity index (χ0) is 10.9. The molecule has 0 radical (unpaired) electrons. The van der Waals surface area contributed by atoms with Gasteiger partial charge in [0, 0.05) is 20.3 Å². The number of hydrogen-bond donors (Lipinski definition) is 0. The summed E-state index contributed by atoms with van der Waals surface area (Å²) in [5.74, 6) is -0.209. The van der Waals surface area contributed by atoms with Crippen LogP contribution in [-0.4, -0.2) is 44.0 Å². The van der Waals surface area contributed by atoms with Crippen molar-refractivity contribution in [3.05, 3.63) is 0 Å². The van der Waals surface area contributed by atoms with E-state index in [-0.39, 0.29) is 5.92 Å². The van der Waals surface area contributed by atoms with Crippen molar-refractivity contribution in [1.82, 2.24) is 4.90 Å². The second kappa shape index (κ2) is 4.09. The smallest absolute Gasteiger partial charge is 0.193 e. The second-order valence-corrected chi connectivity index (χ2v) is 4.46. The van der Waals surface area contributed by atoms with Gasteiger partial charge in [0.25, 0.3) is 0 Å². The van der Waals surface area contributed by atoms with Crippen molar-refractivity contribution >= 4 is 0 Å². The van der Waals surface area contributed by atoms with Crippen LogP contribution in [0, 0.1) is 17.2 Å². The van der Waals surface area contributed by atoms with Crippen LogP contribution in [0.4, 0.5) is 0 Å². The molecule has 4 heteroatoms. The van der Waals surface area contributed by atoms with Gasteiger partial charge >= 0.3 is 0 Å². The Balaban J connectivity index is 1.91. The quantitative estimate of drug-likeness (QED) is 0.651. The lowest BCUT2D eigenvalue weighted by Gasteiger charge is -2.50. The number of methoxy groups -OCH3 is 2. The summed E-state index contributed by atoms with van der Waals surface area (Å²) in [5, 5.41) is 9.01. The summed E-state index contributed by atoms with van der Waals surface area (Å²) in [4.78, 5) is 2.31. The fourth-order valence-electron chi connectivity index (χ4n) is 2.68. The fourth-order valence-corrected chi connectivity index (χ4v) is 2.68. The van der Waals surface area contributed by atoms with Crippen molar-refractivity contribution in [2.75, 3.05) is 27.3 Å². The first-order valence-corrected chi connectivity index (χ1v) is 5.48. The highest BCUT2D eigenvalue weighted by molar-refractivity contribution is 5.03. The molecule has 1 saturated carbocycles. The Morgan fingerprint density at radius 1 is 1.27 bits per heavy atom. The summed E-state index contributed by atoms with van der Waals surface area (Å²) in [6.45, 7) is 1.59. The first kappa shape index (κ1) is 10.9. The van der Waals surface area contributed by atoms with Crippen LogP contribution in [0.5, 0.6) is 0 Å². The minimum Gasteiger partial charge on any atom is -0.351 e. The van der Waals surface area contributed by atoms with Crippen LogP contribution in [0.1, 0.15) is 19.3 Å². The Bertz CT molecular complexity index is 262. The average molecular weight is 210 g/mol. The average Bonchev–Trinajstić information content (AvgIpc) is 2.66. The molecule has 1 heterocycles. The maximum Gasteiger partial charge on any atom is 0.193 e. The van der Waals surface area contributed by atoms with Gasteiger partial charge in [-0.05, 0) is 12.8 Å². The molecule has 84 valence electrons. The molecule has 1 aliphatic carbocycles. The molecule has 2 fully saturated rings. The standard InChI is InChI=1S/C11H18N2O2/c1-14-11(15-2)7-13(8-11)10-5-3-4-9(10)6-12/h9-10H,3-5,7-8H2,1-2H3. The SMILES string of the molecule is COC1(OC)CN(C2CCCC2C#N)C1. The second-order valence-electron chi connectivity index (χ2n) is 4.46. The van der Waals surface area contributed by atoms with Gasteiger partial charge in [-0.25, -0.2) is 0 Å². The molecule has 1 aliphatic heterocycles. The van der Waals surface area contributed by atoms with Crippen LogP contribution in [0.2, 0.25) is 0 Å². The molecule has 2 atom stereocenters. The number of nitrogens with zero attached hydrogens (tertiary/aromatic N) is 2. The van der Waals surface area contributed by atoms with E-state index in [1.807, 2.05) is 0 Å². The fraction of sp³-hybridized carbons (Fsp3) is 0.909. The molecule has 0 spiro atoms. The topological polar surface area (TPSA) is 45.5 Å². The first-order valence-electron chi connectivity index (χ1n) is 5.48. The van der Waals surface area contributed by atoms with E-state index < -0.39 is 5.79 Å². The lowest BCUT2D eigenvalue weighted by Crippen LogP contribution is -2.66. The van der Waals surface area contributed by atoms with E-state index in [9.17, 15) is 0 Å². The van der Waals surface area contributed by atoms with Crippen LogP contribution in [0.15, 0.2) is 0 Å². The van der Waals surface area contributed by atoms with Crippen molar-refractivity contribution in [1.29, 1.82) is 5.26 Å². The van der Waals surface area contributed by atoms with Gasteiger partial charge in [0.2, 0.25) is 0 Å². The summed E-state index contributed by atoms with van der Waals surface area (Å²) in [7, 11) is 3.36. The van der Waals surface area contributed by atoms with Gasteiger partial charge in [-0.15, -0.1) is 0 Å². The zero-order valence-corrected chi connectivity index (χ0v) is 9.40. The predicted octanol–water partition coefficient (Wildman–Crippen LogP) is 0.983. The van der Waals surface area contributed by atoms with E-state index in [0.717, 1.165) is 25.9 Å². The molecule has 0 bridgehead atoms. The predicted molar refractivity (Wildman–Crippen MR) is 55.1 cm³/mol. The number of ether oxygens (including phenoxy) is 2. The third kappa shape index (κ3) is 1.76. The number of nitriles is 1. The molecule has 0 N–H and O–H groups in total. The van der Waals surface area contributed by atoms with E-state index in [2.05, 4.69) is 11.0 Å². The lowest BCUT2D eigenvalue weighted by atomic mass is 9.97. The monoisotopic (exact) mass is 210 g/mol. The molecule has 0 aromatic rings. The maximum atomic E-state index is 9.01. The summed E-state index contributed by atoms with van der Waals surface area (Å²) < 4.78 is 10.7. The normalized spacial score (nSPS) is 34.7. The van der Waals surface area contributed by atoms with Crippen LogP contribution >= 0.6 is 0 Å². The molecule has 0 aromatic heterocycles. The largest absolute Gasteiger partial charge is 0.351 e. The van der Waals surface area contributed by atoms with Crippen molar-refractivity contribution in [3.63, 3.8) is 0 Å². The zero-order valence-electron chi connectivity index (χ0n) is 9.40. The van der Waals surface area contributed by atoms with Gasteiger partial charge in [-0.3, -0.25) is 4.90 Å². The Morgan fingerprint density at radius 2 is 1.93 bits per heavy atom. The Hall–Kier alpha value is -0.630. The summed E-state index contributed by atoms with van der Waals surface area (Å²) in [6.07, 6.45) is 3.36. The molecule has 15 heavy (non-hydrogen) atoms. The summed E-state index contributed by atoms with van der Waals surface area (Å²) in [5.41, 5.74) is 0. The molecule has 2 aliphatic rings. The van der Waals surface area contributed by atoms with Crippen molar-refractivity contribution in [2.45, 2.75) is 31.1 Å². The highest BCUT2D eigenvalue weighted by Crippen LogP contribution is 2.36. The van der Waals surface area contributed by atoms with E-state index in [0.29, 0.717) is 6.04 Å². The molecule has 2 rings (SSSR count). The Labute approximate surface area is 90.8 Å². The van der Waals surface area contributed by atoms with Crippen LogP contribution in [-0.2, 0) is 9.47 Å². The molecule has 0 amide bonds. The Morgan fingerprint density at radius 3 is 2.47 bits per heavy atom. The van der Waals surface area contributed by atoms with Crippen molar-refractivity contribution in [2.24, 2.45) is 5.92 Å². The maximum absolute atomic E-state index is 9.01. The third-order valence-corrected chi connectivity index (χ3v) is 3.75. The van der Waals surface area contributed by atoms with Gasteiger partial charge in [-0.1, -0.05) is 6.42 Å². The molecule has 0 aromatic carbocycles. The molecule has 1 saturated heterocycles. The molecule has 2 unspecified atom stereocenters. The Kier molecular flexibility index (Phi) is 2.96. The van der Waals surface area contributed by atoms with E-state index in [1.54, 1.807) is 14.2 Å². The van der Waals surface area contributed by atoms with Crippen molar-refractivity contribution in [3.8, 4) is 6.07 Å². The van der Waals surface area contributed by atoms with Gasteiger partial charge in [0.1, 0.15) is 0 Å². The van der Waals surface area contributed by atoms with E-state index >= 15 is 0 Å². The highest BCUT2D eigenvalue weighted by atomic mass is 16.7. The molecular weight excluding hydrogens is 192 g/mol. The highest BCUT2D eigenvalue weighted by Gasteiger charge is 2.48. The lowest BCUT2D eigenvalue weighted by molar-refractivity contribution is -0.283. The number of likely N-dealkylation sites (tertiary alicyclic amines) is 1. The minimum atomic E-state index is -0.414. The molecule has 4 nitrogen and oxygen atoms in total. The molecular formula is C11H18N2O2.